The molecule has 0 saturated heterocycles. The number of hydrogen-bond acceptors (Lipinski definition) is 4. The minimum Gasteiger partial charge on any atom is -0.409 e. The highest BCUT2D eigenvalue weighted by atomic mass is 35.5. The van der Waals surface area contributed by atoms with E-state index in [-0.39, 0.29) is 17.4 Å². The molecule has 10 heteroatoms. The van der Waals surface area contributed by atoms with Gasteiger partial charge in [-0.25, -0.2) is 12.8 Å². The summed E-state index contributed by atoms with van der Waals surface area (Å²) in [5, 5.41) is 10.4. The van der Waals surface area contributed by atoms with Crippen molar-refractivity contribution in [3.8, 4) is 0 Å². The van der Waals surface area contributed by atoms with Crippen molar-refractivity contribution in [2.75, 3.05) is 6.54 Å². The standard InChI is InChI=1S/C11H14Cl2FN3O3S/c1-6(2)17(5-9(15)16-18)21(19,20)8-4-3-7(12)11(14)10(8)13/h3-4,6,18H,5H2,1-2H3,(H2,15,16). The molecule has 21 heavy (non-hydrogen) atoms. The van der Waals surface area contributed by atoms with Gasteiger partial charge >= 0.3 is 0 Å². The molecule has 6 nitrogen and oxygen atoms in total. The van der Waals surface area contributed by atoms with Crippen molar-refractivity contribution in [2.45, 2.75) is 24.8 Å². The van der Waals surface area contributed by atoms with Gasteiger partial charge < -0.3 is 10.9 Å². The molecule has 1 rings (SSSR count). The predicted octanol–water partition coefficient (Wildman–Crippen LogP) is 2.28. The molecule has 0 aliphatic heterocycles. The summed E-state index contributed by atoms with van der Waals surface area (Å²) < 4.78 is 39.7. The Bertz CT molecular complexity index is 665. The van der Waals surface area contributed by atoms with Crippen LogP contribution in [0.1, 0.15) is 13.8 Å². The maximum atomic E-state index is 13.7. The molecule has 0 radical (unpaired) electrons. The molecule has 0 bridgehead atoms. The van der Waals surface area contributed by atoms with Crippen molar-refractivity contribution in [1.29, 1.82) is 0 Å². The number of nitrogens with two attached hydrogens (primary N) is 1. The van der Waals surface area contributed by atoms with Crippen LogP contribution < -0.4 is 5.73 Å². The molecule has 3 N–H and O–H groups in total. The third-order valence-corrected chi connectivity index (χ3v) is 5.45. The van der Waals surface area contributed by atoms with Crippen LogP contribution in [0, 0.1) is 5.82 Å². The minimum atomic E-state index is -4.14. The van der Waals surface area contributed by atoms with Crippen LogP contribution >= 0.6 is 23.2 Å². The molecule has 0 amide bonds. The van der Waals surface area contributed by atoms with Crippen LogP contribution in [-0.2, 0) is 10.0 Å². The summed E-state index contributed by atoms with van der Waals surface area (Å²) >= 11 is 11.3. The number of oxime groups is 1. The summed E-state index contributed by atoms with van der Waals surface area (Å²) in [4.78, 5) is -0.439. The van der Waals surface area contributed by atoms with Crippen LogP contribution in [0.4, 0.5) is 4.39 Å². The molecule has 0 fully saturated rings. The summed E-state index contributed by atoms with van der Waals surface area (Å²) in [5.41, 5.74) is 5.34. The van der Waals surface area contributed by atoms with E-state index in [9.17, 15) is 12.8 Å². The molecule has 0 aromatic heterocycles. The molecule has 0 saturated carbocycles. The van der Waals surface area contributed by atoms with Gasteiger partial charge in [0.2, 0.25) is 10.0 Å². The fraction of sp³-hybridized carbons (Fsp3) is 0.364. The van der Waals surface area contributed by atoms with Gasteiger partial charge in [0.15, 0.2) is 11.7 Å². The normalized spacial score (nSPS) is 13.2. The molecular formula is C11H14Cl2FN3O3S. The average Bonchev–Trinajstić information content (AvgIpc) is 2.40. The summed E-state index contributed by atoms with van der Waals surface area (Å²) in [6.45, 7) is 2.81. The van der Waals surface area contributed by atoms with Crippen LogP contribution in [0.3, 0.4) is 0 Å². The molecule has 1 aromatic rings. The predicted molar refractivity (Wildman–Crippen MR) is 78.9 cm³/mol. The number of halogens is 3. The van der Waals surface area contributed by atoms with E-state index in [0.717, 1.165) is 16.4 Å². The SMILES string of the molecule is CC(C)N(C/C(N)=N/O)S(=O)(=O)c1ccc(Cl)c(F)c1Cl. The van der Waals surface area contributed by atoms with Crippen molar-refractivity contribution in [2.24, 2.45) is 10.9 Å². The van der Waals surface area contributed by atoms with E-state index >= 15 is 0 Å². The lowest BCUT2D eigenvalue weighted by molar-refractivity contribution is 0.312. The number of rotatable bonds is 5. The van der Waals surface area contributed by atoms with Crippen LogP contribution in [0.5, 0.6) is 0 Å². The zero-order valence-electron chi connectivity index (χ0n) is 11.2. The summed E-state index contributed by atoms with van der Waals surface area (Å²) in [6.07, 6.45) is 0. The number of amidine groups is 1. The highest BCUT2D eigenvalue weighted by molar-refractivity contribution is 7.89. The number of hydrogen-bond donors (Lipinski definition) is 2. The van der Waals surface area contributed by atoms with Crippen LogP contribution in [0.2, 0.25) is 10.0 Å². The zero-order valence-corrected chi connectivity index (χ0v) is 13.5. The van der Waals surface area contributed by atoms with Crippen molar-refractivity contribution in [3.63, 3.8) is 0 Å². The second-order valence-electron chi connectivity index (χ2n) is 4.41. The van der Waals surface area contributed by atoms with Crippen molar-refractivity contribution < 1.29 is 18.0 Å². The lowest BCUT2D eigenvalue weighted by Crippen LogP contribution is -2.42. The van der Waals surface area contributed by atoms with Gasteiger partial charge in [0.05, 0.1) is 16.6 Å². The van der Waals surface area contributed by atoms with E-state index in [1.165, 1.54) is 0 Å². The van der Waals surface area contributed by atoms with E-state index in [2.05, 4.69) is 5.16 Å². The Morgan fingerprint density at radius 1 is 1.48 bits per heavy atom. The lowest BCUT2D eigenvalue weighted by atomic mass is 10.3. The molecule has 0 unspecified atom stereocenters. The maximum absolute atomic E-state index is 13.7. The van der Waals surface area contributed by atoms with Crippen LogP contribution in [0.15, 0.2) is 22.2 Å². The first kappa shape index (κ1) is 18.0. The van der Waals surface area contributed by atoms with E-state index in [1.54, 1.807) is 13.8 Å². The maximum Gasteiger partial charge on any atom is 0.245 e. The van der Waals surface area contributed by atoms with Gasteiger partial charge in [0.25, 0.3) is 0 Å². The van der Waals surface area contributed by atoms with Gasteiger partial charge in [-0.15, -0.1) is 0 Å². The molecule has 0 atom stereocenters. The quantitative estimate of drug-likeness (QED) is 0.278. The molecule has 0 aliphatic rings. The second kappa shape index (κ2) is 6.78. The Balaban J connectivity index is 3.40. The lowest BCUT2D eigenvalue weighted by Gasteiger charge is -2.25. The first-order valence-electron chi connectivity index (χ1n) is 5.74. The van der Waals surface area contributed by atoms with Gasteiger partial charge in [0.1, 0.15) is 4.90 Å². The van der Waals surface area contributed by atoms with E-state index < -0.39 is 31.8 Å². The monoisotopic (exact) mass is 357 g/mol. The van der Waals surface area contributed by atoms with Crippen molar-refractivity contribution in [3.05, 3.63) is 28.0 Å². The molecular weight excluding hydrogens is 344 g/mol. The topological polar surface area (TPSA) is 96.0 Å². The average molecular weight is 358 g/mol. The number of benzene rings is 1. The minimum absolute atomic E-state index is 0.286. The Hall–Kier alpha value is -1.09. The smallest absolute Gasteiger partial charge is 0.245 e. The number of nitrogens with zero attached hydrogens (tertiary/aromatic N) is 2. The molecule has 0 aliphatic carbocycles. The van der Waals surface area contributed by atoms with E-state index in [4.69, 9.17) is 34.1 Å². The van der Waals surface area contributed by atoms with Gasteiger partial charge in [-0.3, -0.25) is 0 Å². The fourth-order valence-electron chi connectivity index (χ4n) is 1.57. The van der Waals surface area contributed by atoms with Gasteiger partial charge in [-0.2, -0.15) is 4.31 Å². The van der Waals surface area contributed by atoms with Crippen LogP contribution in [0.25, 0.3) is 0 Å². The molecule has 1 aromatic carbocycles. The van der Waals surface area contributed by atoms with E-state index in [0.29, 0.717) is 0 Å². The first-order valence-corrected chi connectivity index (χ1v) is 7.94. The van der Waals surface area contributed by atoms with Gasteiger partial charge in [-0.1, -0.05) is 28.4 Å². The van der Waals surface area contributed by atoms with Crippen molar-refractivity contribution in [1.82, 2.24) is 4.31 Å². The van der Waals surface area contributed by atoms with E-state index in [1.807, 2.05) is 0 Å². The van der Waals surface area contributed by atoms with Gasteiger partial charge in [0, 0.05) is 6.04 Å². The van der Waals surface area contributed by atoms with Crippen molar-refractivity contribution >= 4 is 39.1 Å². The Morgan fingerprint density at radius 3 is 2.52 bits per heavy atom. The van der Waals surface area contributed by atoms with Gasteiger partial charge in [-0.05, 0) is 26.0 Å². The third-order valence-electron chi connectivity index (χ3n) is 2.61. The Morgan fingerprint density at radius 2 is 2.05 bits per heavy atom. The van der Waals surface area contributed by atoms with Crippen LogP contribution in [-0.4, -0.2) is 36.4 Å². The molecule has 0 spiro atoms. The highest BCUT2D eigenvalue weighted by Crippen LogP contribution is 2.31. The number of sulfonamides is 1. The summed E-state index contributed by atoms with van der Waals surface area (Å²) in [5.74, 6) is -1.33. The summed E-state index contributed by atoms with van der Waals surface area (Å²) in [7, 11) is -4.14. The Labute approximate surface area is 132 Å². The zero-order chi connectivity index (χ0) is 16.4. The fourth-order valence-corrected chi connectivity index (χ4v) is 3.90. The highest BCUT2D eigenvalue weighted by Gasteiger charge is 2.31. The summed E-state index contributed by atoms with van der Waals surface area (Å²) in [6, 6.07) is 1.67. The Kier molecular flexibility index (Phi) is 5.80. The third kappa shape index (κ3) is 3.76. The second-order valence-corrected chi connectivity index (χ2v) is 7.05. The molecule has 118 valence electrons. The largest absolute Gasteiger partial charge is 0.409 e. The molecule has 0 heterocycles. The first-order chi connectivity index (χ1) is 9.62.